The van der Waals surface area contributed by atoms with E-state index in [0.29, 0.717) is 16.3 Å². The van der Waals surface area contributed by atoms with Gasteiger partial charge in [0.15, 0.2) is 0 Å². The molecule has 1 aromatic carbocycles. The maximum absolute atomic E-state index is 13.1. The van der Waals surface area contributed by atoms with Crippen LogP contribution in [0.5, 0.6) is 0 Å². The predicted octanol–water partition coefficient (Wildman–Crippen LogP) is 5.06. The summed E-state index contributed by atoms with van der Waals surface area (Å²) in [4.78, 5) is 25.4. The van der Waals surface area contributed by atoms with Crippen LogP contribution in [0.2, 0.25) is 5.02 Å². The normalized spacial score (nSPS) is 11.9. The van der Waals surface area contributed by atoms with Crippen LogP contribution in [0.15, 0.2) is 47.1 Å². The standard InChI is InChI=1S/C20H18ClFN2O3S/c1-11-8-17(24-19(25)15-6-5-13(22)10-16(15)21)28-18(11)20(26)23-12(2)9-14-4-3-7-27-14/h3-8,10,12H,9H2,1-2H3,(H,23,26)(H,24,25). The van der Waals surface area contributed by atoms with Crippen molar-refractivity contribution in [1.29, 1.82) is 0 Å². The minimum absolute atomic E-state index is 0.0236. The Morgan fingerprint density at radius 3 is 2.71 bits per heavy atom. The molecule has 3 rings (SSSR count). The van der Waals surface area contributed by atoms with Crippen LogP contribution in [0.1, 0.15) is 38.3 Å². The first-order valence-corrected chi connectivity index (χ1v) is 9.73. The average molecular weight is 421 g/mol. The van der Waals surface area contributed by atoms with E-state index in [0.717, 1.165) is 28.7 Å². The SMILES string of the molecule is Cc1cc(NC(=O)c2ccc(F)cc2Cl)sc1C(=O)NC(C)Cc1ccco1. The fourth-order valence-electron chi connectivity index (χ4n) is 2.69. The summed E-state index contributed by atoms with van der Waals surface area (Å²) in [5.41, 5.74) is 0.903. The minimum Gasteiger partial charge on any atom is -0.469 e. The number of thiophene rings is 1. The molecule has 2 amide bonds. The second-order valence-electron chi connectivity index (χ2n) is 6.36. The van der Waals surface area contributed by atoms with E-state index in [-0.39, 0.29) is 22.5 Å². The number of hydrogen-bond acceptors (Lipinski definition) is 4. The minimum atomic E-state index is -0.517. The van der Waals surface area contributed by atoms with Crippen LogP contribution in [0.3, 0.4) is 0 Å². The summed E-state index contributed by atoms with van der Waals surface area (Å²) in [6.07, 6.45) is 2.17. The molecule has 0 spiro atoms. The molecular weight excluding hydrogens is 403 g/mol. The van der Waals surface area contributed by atoms with Crippen LogP contribution in [-0.4, -0.2) is 17.9 Å². The lowest BCUT2D eigenvalue weighted by Crippen LogP contribution is -2.33. The molecule has 0 fully saturated rings. The van der Waals surface area contributed by atoms with E-state index in [9.17, 15) is 14.0 Å². The van der Waals surface area contributed by atoms with E-state index in [1.165, 1.54) is 12.1 Å². The van der Waals surface area contributed by atoms with Crippen LogP contribution in [0.4, 0.5) is 9.39 Å². The molecule has 1 atom stereocenters. The first kappa shape index (κ1) is 20.1. The van der Waals surface area contributed by atoms with Gasteiger partial charge in [-0.1, -0.05) is 11.6 Å². The van der Waals surface area contributed by atoms with E-state index in [4.69, 9.17) is 16.0 Å². The molecule has 2 N–H and O–H groups in total. The number of amides is 2. The van der Waals surface area contributed by atoms with Crippen molar-refractivity contribution in [2.75, 3.05) is 5.32 Å². The second kappa shape index (κ2) is 8.58. The molecule has 0 aliphatic rings. The maximum Gasteiger partial charge on any atom is 0.261 e. The molecule has 28 heavy (non-hydrogen) atoms. The van der Waals surface area contributed by atoms with Crippen molar-refractivity contribution in [2.24, 2.45) is 0 Å². The van der Waals surface area contributed by atoms with Gasteiger partial charge in [-0.2, -0.15) is 0 Å². The molecule has 1 unspecified atom stereocenters. The van der Waals surface area contributed by atoms with Crippen molar-refractivity contribution in [3.8, 4) is 0 Å². The zero-order valence-corrected chi connectivity index (χ0v) is 16.8. The van der Waals surface area contributed by atoms with Gasteiger partial charge in [-0.05, 0) is 55.8 Å². The summed E-state index contributed by atoms with van der Waals surface area (Å²) in [5, 5.41) is 6.16. The van der Waals surface area contributed by atoms with E-state index in [1.807, 2.05) is 13.0 Å². The molecule has 5 nitrogen and oxygen atoms in total. The van der Waals surface area contributed by atoms with Gasteiger partial charge in [-0.3, -0.25) is 9.59 Å². The molecular formula is C20H18ClFN2O3S. The summed E-state index contributed by atoms with van der Waals surface area (Å²) >= 11 is 7.09. The second-order valence-corrected chi connectivity index (χ2v) is 7.82. The lowest BCUT2D eigenvalue weighted by Gasteiger charge is -2.12. The predicted molar refractivity (Wildman–Crippen MR) is 108 cm³/mol. The summed E-state index contributed by atoms with van der Waals surface area (Å²) in [5.74, 6) is -0.415. The highest BCUT2D eigenvalue weighted by molar-refractivity contribution is 7.18. The number of aryl methyl sites for hydroxylation is 1. The molecule has 0 bridgehead atoms. The van der Waals surface area contributed by atoms with Gasteiger partial charge >= 0.3 is 0 Å². The molecule has 8 heteroatoms. The van der Waals surface area contributed by atoms with Gasteiger partial charge < -0.3 is 15.1 Å². The van der Waals surface area contributed by atoms with E-state index >= 15 is 0 Å². The summed E-state index contributed by atoms with van der Waals surface area (Å²) in [6.45, 7) is 3.69. The number of carbonyl (C=O) groups is 2. The molecule has 0 saturated carbocycles. The molecule has 0 radical (unpaired) electrons. The topological polar surface area (TPSA) is 71.3 Å². The van der Waals surface area contributed by atoms with Crippen LogP contribution in [-0.2, 0) is 6.42 Å². The Labute approximate surface area is 170 Å². The Morgan fingerprint density at radius 1 is 1.25 bits per heavy atom. The summed E-state index contributed by atoms with van der Waals surface area (Å²) < 4.78 is 18.4. The number of carbonyl (C=O) groups excluding carboxylic acids is 2. The number of hydrogen-bond donors (Lipinski definition) is 2. The highest BCUT2D eigenvalue weighted by Gasteiger charge is 2.18. The smallest absolute Gasteiger partial charge is 0.261 e. The van der Waals surface area contributed by atoms with E-state index < -0.39 is 11.7 Å². The number of anilines is 1. The quantitative estimate of drug-likeness (QED) is 0.585. The van der Waals surface area contributed by atoms with Crippen LogP contribution >= 0.6 is 22.9 Å². The maximum atomic E-state index is 13.1. The van der Waals surface area contributed by atoms with Gasteiger partial charge in [-0.25, -0.2) is 4.39 Å². The third-order valence-electron chi connectivity index (χ3n) is 4.00. The Hall–Kier alpha value is -2.64. The molecule has 0 aliphatic carbocycles. The molecule has 0 saturated heterocycles. The lowest BCUT2D eigenvalue weighted by atomic mass is 10.2. The highest BCUT2D eigenvalue weighted by atomic mass is 35.5. The molecule has 146 valence electrons. The number of nitrogens with one attached hydrogen (secondary N) is 2. The van der Waals surface area contributed by atoms with Gasteiger partial charge in [0.1, 0.15) is 11.6 Å². The fraction of sp³-hybridized carbons (Fsp3) is 0.200. The van der Waals surface area contributed by atoms with Crippen molar-refractivity contribution in [3.63, 3.8) is 0 Å². The summed E-state index contributed by atoms with van der Waals surface area (Å²) in [6, 6.07) is 8.82. The van der Waals surface area contributed by atoms with E-state index in [2.05, 4.69) is 10.6 Å². The first-order valence-electron chi connectivity index (χ1n) is 8.53. The fourth-order valence-corrected chi connectivity index (χ4v) is 3.92. The molecule has 3 aromatic rings. The third-order valence-corrected chi connectivity index (χ3v) is 5.47. The van der Waals surface area contributed by atoms with Crippen molar-refractivity contribution in [1.82, 2.24) is 5.32 Å². The Balaban J connectivity index is 1.66. The monoisotopic (exact) mass is 420 g/mol. The van der Waals surface area contributed by atoms with Crippen molar-refractivity contribution in [2.45, 2.75) is 26.3 Å². The molecule has 0 aliphatic heterocycles. The number of halogens is 2. The first-order chi connectivity index (χ1) is 13.3. The number of rotatable bonds is 6. The average Bonchev–Trinajstić information content (AvgIpc) is 3.24. The van der Waals surface area contributed by atoms with Gasteiger partial charge in [-0.15, -0.1) is 11.3 Å². The van der Waals surface area contributed by atoms with Crippen LogP contribution in [0, 0.1) is 12.7 Å². The Kier molecular flexibility index (Phi) is 6.16. The zero-order chi connectivity index (χ0) is 20.3. The number of benzene rings is 1. The van der Waals surface area contributed by atoms with Gasteiger partial charge in [0.2, 0.25) is 0 Å². The van der Waals surface area contributed by atoms with Gasteiger partial charge in [0.25, 0.3) is 11.8 Å². The Morgan fingerprint density at radius 2 is 2.04 bits per heavy atom. The third kappa shape index (κ3) is 4.79. The summed E-state index contributed by atoms with van der Waals surface area (Å²) in [7, 11) is 0. The van der Waals surface area contributed by atoms with Crippen LogP contribution < -0.4 is 10.6 Å². The molecule has 2 heterocycles. The van der Waals surface area contributed by atoms with Crippen molar-refractivity contribution >= 4 is 39.8 Å². The van der Waals surface area contributed by atoms with Gasteiger partial charge in [0.05, 0.1) is 26.7 Å². The van der Waals surface area contributed by atoms with Crippen molar-refractivity contribution < 1.29 is 18.4 Å². The lowest BCUT2D eigenvalue weighted by molar-refractivity contribution is 0.0942. The largest absolute Gasteiger partial charge is 0.469 e. The van der Waals surface area contributed by atoms with Crippen LogP contribution in [0.25, 0.3) is 0 Å². The Bertz CT molecular complexity index is 1000. The van der Waals surface area contributed by atoms with Crippen molar-refractivity contribution in [3.05, 3.63) is 75.3 Å². The zero-order valence-electron chi connectivity index (χ0n) is 15.2. The molecule has 2 aromatic heterocycles. The number of furan rings is 1. The van der Waals surface area contributed by atoms with Gasteiger partial charge in [0, 0.05) is 12.5 Å². The van der Waals surface area contributed by atoms with E-state index in [1.54, 1.807) is 25.3 Å². The highest BCUT2D eigenvalue weighted by Crippen LogP contribution is 2.28.